The molecule has 3 aromatic rings. The molecule has 1 unspecified atom stereocenters. The Morgan fingerprint density at radius 3 is 2.58 bits per heavy atom. The molecule has 2 aromatic carbocycles. The maximum atomic E-state index is 12.0. The van der Waals surface area contributed by atoms with Crippen molar-refractivity contribution in [2.45, 2.75) is 70.8 Å². The Morgan fingerprint density at radius 1 is 0.950 bits per heavy atom. The van der Waals surface area contributed by atoms with Gasteiger partial charge in [0.15, 0.2) is 0 Å². The second-order valence-corrected chi connectivity index (χ2v) is 12.4. The molecule has 40 heavy (non-hydrogen) atoms. The third-order valence-electron chi connectivity index (χ3n) is 9.65. The molecule has 1 aromatic heterocycles. The molecule has 1 N–H and O–H groups in total. The predicted molar refractivity (Wildman–Crippen MR) is 163 cm³/mol. The first-order chi connectivity index (χ1) is 19.5. The van der Waals surface area contributed by atoms with Gasteiger partial charge in [-0.25, -0.2) is 4.79 Å². The number of methoxy groups -OCH3 is 1. The summed E-state index contributed by atoms with van der Waals surface area (Å²) < 4.78 is 7.98. The first kappa shape index (κ1) is 27.3. The number of fused-ring (bicyclic) bond motifs is 5. The Balaban J connectivity index is 1.40. The summed E-state index contributed by atoms with van der Waals surface area (Å²) in [4.78, 5) is 17.2. The number of carbonyl (C=O) groups is 1. The van der Waals surface area contributed by atoms with Gasteiger partial charge in [-0.3, -0.25) is 0 Å². The molecule has 0 spiro atoms. The average Bonchev–Trinajstić information content (AvgIpc) is 3.06. The summed E-state index contributed by atoms with van der Waals surface area (Å²) >= 11 is 0. The first-order valence-corrected chi connectivity index (χ1v) is 15.5. The van der Waals surface area contributed by atoms with Gasteiger partial charge in [-0.2, -0.15) is 0 Å². The molecule has 3 heterocycles. The van der Waals surface area contributed by atoms with Crippen molar-refractivity contribution in [3.63, 3.8) is 0 Å². The number of hydrogen-bond acceptors (Lipinski definition) is 4. The number of carboxylic acid groups (broad SMARTS) is 1. The Kier molecular flexibility index (Phi) is 8.17. The van der Waals surface area contributed by atoms with Gasteiger partial charge in [0.1, 0.15) is 0 Å². The van der Waals surface area contributed by atoms with Gasteiger partial charge in [-0.15, -0.1) is 0 Å². The maximum absolute atomic E-state index is 12.0. The Labute approximate surface area is 238 Å². The summed E-state index contributed by atoms with van der Waals surface area (Å²) in [7, 11) is 1.83. The third-order valence-corrected chi connectivity index (χ3v) is 9.65. The molecule has 0 bridgehead atoms. The number of anilines is 1. The highest BCUT2D eigenvalue weighted by Gasteiger charge is 2.31. The van der Waals surface area contributed by atoms with Crippen LogP contribution in [0.3, 0.4) is 0 Å². The number of aryl methyl sites for hydroxylation is 1. The number of aromatic nitrogens is 1. The summed E-state index contributed by atoms with van der Waals surface area (Å²) in [6.45, 7) is 9.18. The SMILES string of the molecule is COCC1CCCCN(CCN2CCn3c(c(C4CCCCC4)c4ccc(C(=O)O)cc43)-c3ccc(C)cc32)C1. The van der Waals surface area contributed by atoms with Crippen LogP contribution in [0.1, 0.15) is 78.8 Å². The monoisotopic (exact) mass is 543 g/mol. The number of aromatic carboxylic acids is 1. The topological polar surface area (TPSA) is 57.9 Å². The van der Waals surface area contributed by atoms with Crippen molar-refractivity contribution in [1.29, 1.82) is 0 Å². The van der Waals surface area contributed by atoms with Crippen LogP contribution in [0, 0.1) is 12.8 Å². The Hall–Kier alpha value is -2.83. The number of ether oxygens (including phenoxy) is 1. The molecule has 6 rings (SSSR count). The molecule has 6 heteroatoms. The maximum Gasteiger partial charge on any atom is 0.335 e. The van der Waals surface area contributed by atoms with E-state index in [2.05, 4.69) is 45.6 Å². The van der Waals surface area contributed by atoms with Gasteiger partial charge in [0.2, 0.25) is 0 Å². The summed E-state index contributed by atoms with van der Waals surface area (Å²) in [6, 6.07) is 12.8. The van der Waals surface area contributed by atoms with Crippen LogP contribution in [0.25, 0.3) is 22.2 Å². The van der Waals surface area contributed by atoms with E-state index in [-0.39, 0.29) is 0 Å². The van der Waals surface area contributed by atoms with Crippen LogP contribution in [0.4, 0.5) is 5.69 Å². The highest BCUT2D eigenvalue weighted by Crippen LogP contribution is 2.47. The molecule has 3 aliphatic rings. The zero-order valence-corrected chi connectivity index (χ0v) is 24.3. The van der Waals surface area contributed by atoms with E-state index in [0.29, 0.717) is 17.4 Å². The molecule has 1 saturated carbocycles. The fourth-order valence-corrected chi connectivity index (χ4v) is 7.67. The van der Waals surface area contributed by atoms with Gasteiger partial charge in [0, 0.05) is 62.0 Å². The minimum Gasteiger partial charge on any atom is -0.478 e. The standard InChI is InChI=1S/C34H45N3O3/c1-24-11-13-29-30(20-24)36(17-16-35-15-7-6-8-25(22-35)23-40-2)18-19-37-31-21-27(34(38)39)12-14-28(31)32(33(29)37)26-9-4-3-5-10-26/h11-14,20-21,25-26H,3-10,15-19,22-23H2,1-2H3,(H,38,39). The lowest BCUT2D eigenvalue weighted by Gasteiger charge is -2.30. The second kappa shape index (κ2) is 12.0. The van der Waals surface area contributed by atoms with Crippen LogP contribution in [0.2, 0.25) is 0 Å². The summed E-state index contributed by atoms with van der Waals surface area (Å²) in [5, 5.41) is 11.1. The number of carboxylic acids is 1. The molecule has 6 nitrogen and oxygen atoms in total. The number of rotatable bonds is 7. The largest absolute Gasteiger partial charge is 0.478 e. The number of likely N-dealkylation sites (tertiary alicyclic amines) is 1. The predicted octanol–water partition coefficient (Wildman–Crippen LogP) is 6.93. The van der Waals surface area contributed by atoms with Crippen molar-refractivity contribution < 1.29 is 14.6 Å². The van der Waals surface area contributed by atoms with E-state index < -0.39 is 5.97 Å². The number of benzene rings is 2. The quantitative estimate of drug-likeness (QED) is 0.350. The van der Waals surface area contributed by atoms with Crippen LogP contribution < -0.4 is 4.90 Å². The van der Waals surface area contributed by atoms with Gasteiger partial charge >= 0.3 is 5.97 Å². The van der Waals surface area contributed by atoms with Crippen LogP contribution >= 0.6 is 0 Å². The molecule has 214 valence electrons. The molecule has 0 radical (unpaired) electrons. The van der Waals surface area contributed by atoms with E-state index >= 15 is 0 Å². The number of nitrogens with zero attached hydrogens (tertiary/aromatic N) is 3. The van der Waals surface area contributed by atoms with E-state index in [1.807, 2.05) is 13.2 Å². The van der Waals surface area contributed by atoms with E-state index in [1.54, 1.807) is 6.07 Å². The molecule has 1 atom stereocenters. The number of hydrogen-bond donors (Lipinski definition) is 1. The van der Waals surface area contributed by atoms with Gasteiger partial charge in [0.05, 0.1) is 17.9 Å². The van der Waals surface area contributed by atoms with Crippen molar-refractivity contribution in [3.05, 3.63) is 53.1 Å². The first-order valence-electron chi connectivity index (χ1n) is 15.5. The smallest absolute Gasteiger partial charge is 0.335 e. The molecular formula is C34H45N3O3. The molecule has 0 amide bonds. The Bertz CT molecular complexity index is 1360. The van der Waals surface area contributed by atoms with Gasteiger partial charge in [-0.05, 0) is 80.3 Å². The van der Waals surface area contributed by atoms with E-state index in [0.717, 1.165) is 44.8 Å². The zero-order chi connectivity index (χ0) is 27.6. The van der Waals surface area contributed by atoms with Crippen molar-refractivity contribution in [2.24, 2.45) is 5.92 Å². The second-order valence-electron chi connectivity index (χ2n) is 12.4. The molecule has 2 fully saturated rings. The fourth-order valence-electron chi connectivity index (χ4n) is 7.67. The normalized spacial score (nSPS) is 20.6. The van der Waals surface area contributed by atoms with Crippen molar-refractivity contribution >= 4 is 22.6 Å². The lowest BCUT2D eigenvalue weighted by atomic mass is 9.81. The summed E-state index contributed by atoms with van der Waals surface area (Å²) in [6.07, 6.45) is 10.1. The van der Waals surface area contributed by atoms with Gasteiger partial charge < -0.3 is 24.2 Å². The van der Waals surface area contributed by atoms with Crippen LogP contribution in [0.5, 0.6) is 0 Å². The highest BCUT2D eigenvalue weighted by atomic mass is 16.5. The highest BCUT2D eigenvalue weighted by molar-refractivity contribution is 5.99. The van der Waals surface area contributed by atoms with E-state index in [4.69, 9.17) is 4.74 Å². The van der Waals surface area contributed by atoms with Crippen molar-refractivity contribution in [1.82, 2.24) is 9.47 Å². The minimum atomic E-state index is -0.854. The molecule has 2 aliphatic heterocycles. The van der Waals surface area contributed by atoms with Crippen LogP contribution in [0.15, 0.2) is 36.4 Å². The van der Waals surface area contributed by atoms with E-state index in [9.17, 15) is 9.90 Å². The average molecular weight is 544 g/mol. The fraction of sp³-hybridized carbons (Fsp3) is 0.559. The zero-order valence-electron chi connectivity index (χ0n) is 24.3. The molecular weight excluding hydrogens is 498 g/mol. The Morgan fingerprint density at radius 2 is 1.77 bits per heavy atom. The van der Waals surface area contributed by atoms with Crippen LogP contribution in [-0.2, 0) is 11.3 Å². The van der Waals surface area contributed by atoms with Crippen LogP contribution in [-0.4, -0.2) is 67.0 Å². The van der Waals surface area contributed by atoms with Gasteiger partial charge in [0.25, 0.3) is 0 Å². The molecule has 1 saturated heterocycles. The lowest BCUT2D eigenvalue weighted by Crippen LogP contribution is -2.38. The lowest BCUT2D eigenvalue weighted by molar-refractivity contribution is 0.0697. The van der Waals surface area contributed by atoms with Crippen molar-refractivity contribution in [2.75, 3.05) is 51.3 Å². The minimum absolute atomic E-state index is 0.375. The van der Waals surface area contributed by atoms with Crippen molar-refractivity contribution in [3.8, 4) is 11.3 Å². The van der Waals surface area contributed by atoms with Gasteiger partial charge in [-0.1, -0.05) is 43.9 Å². The third kappa shape index (κ3) is 5.40. The summed E-state index contributed by atoms with van der Waals surface area (Å²) in [5.74, 6) is 0.297. The molecule has 1 aliphatic carbocycles. The summed E-state index contributed by atoms with van der Waals surface area (Å²) in [5.41, 5.74) is 8.17. The van der Waals surface area contributed by atoms with E-state index in [1.165, 1.54) is 91.4 Å².